The Morgan fingerprint density at radius 1 is 0.595 bits per heavy atom. The molecular weight excluding hydrogens is 1020 g/mol. The molecule has 0 aromatic heterocycles. The molecule has 0 spiro atoms. The van der Waals surface area contributed by atoms with Crippen LogP contribution < -0.4 is 31.9 Å². The maximum absolute atomic E-state index is 14.5. The molecule has 3 aromatic carbocycles. The highest BCUT2D eigenvalue weighted by Gasteiger charge is 2.56. The predicted molar refractivity (Wildman–Crippen MR) is 296 cm³/mol. The average molecular weight is 1100 g/mol. The normalized spacial score (nSPS) is 24.5. The molecule has 4 aliphatic heterocycles. The van der Waals surface area contributed by atoms with E-state index in [2.05, 4.69) is 31.9 Å². The van der Waals surface area contributed by atoms with Crippen molar-refractivity contribution in [3.8, 4) is 0 Å². The number of amides is 6. The summed E-state index contributed by atoms with van der Waals surface area (Å²) in [7, 11) is 3.40. The number of nitrogens with zero attached hydrogens (tertiary/aromatic N) is 2. The second kappa shape index (κ2) is 27.1. The van der Waals surface area contributed by atoms with Crippen LogP contribution in [0.4, 0.5) is 0 Å². The van der Waals surface area contributed by atoms with E-state index in [-0.39, 0.29) is 97.4 Å². The predicted octanol–water partition coefficient (Wildman–Crippen LogP) is 5.64. The van der Waals surface area contributed by atoms with Gasteiger partial charge in [-0.2, -0.15) is 0 Å². The van der Waals surface area contributed by atoms with Gasteiger partial charge in [0.2, 0.25) is 35.4 Å². The third kappa shape index (κ3) is 14.5. The zero-order valence-corrected chi connectivity index (χ0v) is 47.0. The van der Waals surface area contributed by atoms with Crippen molar-refractivity contribution >= 4 is 83.8 Å². The summed E-state index contributed by atoms with van der Waals surface area (Å²) in [6, 6.07) is 22.4. The van der Waals surface area contributed by atoms with Crippen LogP contribution in [0.25, 0.3) is 0 Å². The molecule has 6 amide bonds. The Balaban J connectivity index is 0.00000507. The molecule has 0 saturated carbocycles. The Hall–Kier alpha value is -4.40. The maximum Gasteiger partial charge on any atom is 0.246 e. The molecule has 3 aromatic rings. The Kier molecular flexibility index (Phi) is 22.1. The smallest absolute Gasteiger partial charge is 0.246 e. The van der Waals surface area contributed by atoms with Gasteiger partial charge in [0, 0.05) is 0 Å². The number of hydrogen-bond acceptors (Lipinski definition) is 12. The van der Waals surface area contributed by atoms with Gasteiger partial charge in [-0.3, -0.25) is 28.8 Å². The zero-order chi connectivity index (χ0) is 51.7. The van der Waals surface area contributed by atoms with Crippen LogP contribution in [0.15, 0.2) is 84.9 Å². The average Bonchev–Trinajstić information content (AvgIpc) is 3.69. The quantitative estimate of drug-likeness (QED) is 0.0815. The topological polar surface area (TPSA) is 200 Å². The van der Waals surface area contributed by atoms with Crippen molar-refractivity contribution in [3.63, 3.8) is 0 Å². The molecule has 74 heavy (non-hydrogen) atoms. The van der Waals surface area contributed by atoms with Crippen molar-refractivity contribution in [2.75, 3.05) is 38.8 Å². The van der Waals surface area contributed by atoms with Crippen molar-refractivity contribution in [1.82, 2.24) is 41.7 Å². The highest BCUT2D eigenvalue weighted by molar-refractivity contribution is 8.00. The Morgan fingerprint density at radius 2 is 0.946 bits per heavy atom. The van der Waals surface area contributed by atoms with E-state index < -0.39 is 59.2 Å². The first-order valence-electron chi connectivity index (χ1n) is 25.2. The third-order valence-electron chi connectivity index (χ3n) is 14.5. The fourth-order valence-corrected chi connectivity index (χ4v) is 13.3. The summed E-state index contributed by atoms with van der Waals surface area (Å²) >= 11 is 3.32. The van der Waals surface area contributed by atoms with Crippen molar-refractivity contribution in [1.29, 1.82) is 0 Å². The van der Waals surface area contributed by atoms with Gasteiger partial charge in [0.25, 0.3) is 0 Å². The summed E-state index contributed by atoms with van der Waals surface area (Å²) < 4.78 is 12.6. The van der Waals surface area contributed by atoms with E-state index in [9.17, 15) is 28.8 Å². The third-order valence-corrected chi connectivity index (χ3v) is 17.0. The molecule has 16 nitrogen and oxygen atoms in total. The van der Waals surface area contributed by atoms with E-state index in [0.717, 1.165) is 22.3 Å². The van der Waals surface area contributed by atoms with Gasteiger partial charge in [-0.1, -0.05) is 113 Å². The number of likely N-dealkylation sites (N-methyl/N-ethyl adjacent to an activating group) is 2. The van der Waals surface area contributed by atoms with Gasteiger partial charge in [0.15, 0.2) is 0 Å². The van der Waals surface area contributed by atoms with Gasteiger partial charge in [-0.15, -0.1) is 48.3 Å². The SMILES string of the molecule is CN[C@@H](C)C(=O)N[C@H]1CCS[C@H]2CC(C)(C)[C@@H](C(=O)N[C@H](COCc3ccc(COC[C@@H](NC(=O)[C@H]4N5C(=O)[C@@H](NC(=O)[C@H](C)NC)CCS[C@H]5CC4(C)C)c4ccccc4)cc3)c3ccccc3)N2C1=O.Cl.Cl. The van der Waals surface area contributed by atoms with E-state index in [4.69, 9.17) is 9.47 Å². The second-order valence-corrected chi connectivity index (χ2v) is 23.4. The number of ether oxygens (including phenoxy) is 2. The van der Waals surface area contributed by atoms with Crippen LogP contribution >= 0.6 is 48.3 Å². The van der Waals surface area contributed by atoms with Crippen LogP contribution in [0.3, 0.4) is 0 Å². The number of rotatable bonds is 20. The van der Waals surface area contributed by atoms with E-state index in [1.807, 2.05) is 113 Å². The molecule has 4 aliphatic rings. The Bertz CT molecular complexity index is 2210. The molecule has 4 saturated heterocycles. The number of nitrogens with one attached hydrogen (secondary N) is 6. The number of halogens is 2. The van der Waals surface area contributed by atoms with E-state index in [1.165, 1.54) is 0 Å². The van der Waals surface area contributed by atoms with Gasteiger partial charge in [0.1, 0.15) is 24.2 Å². The summed E-state index contributed by atoms with van der Waals surface area (Å²) in [5.41, 5.74) is 2.56. The Morgan fingerprint density at radius 3 is 1.28 bits per heavy atom. The first-order valence-corrected chi connectivity index (χ1v) is 27.3. The maximum atomic E-state index is 14.5. The summed E-state index contributed by atoms with van der Waals surface area (Å²) in [5, 5.41) is 17.8. The van der Waals surface area contributed by atoms with Crippen LogP contribution in [0.5, 0.6) is 0 Å². The molecule has 7 rings (SSSR count). The Labute approximate surface area is 457 Å². The van der Waals surface area contributed by atoms with Crippen LogP contribution in [0.1, 0.15) is 102 Å². The van der Waals surface area contributed by atoms with Gasteiger partial charge in [-0.25, -0.2) is 0 Å². The molecular formula is C54H76Cl2N8O8S2. The van der Waals surface area contributed by atoms with Crippen LogP contribution in [0, 0.1) is 10.8 Å². The number of benzene rings is 3. The van der Waals surface area contributed by atoms with Crippen molar-refractivity contribution in [2.45, 2.75) is 140 Å². The van der Waals surface area contributed by atoms with Gasteiger partial charge in [0.05, 0.1) is 61.3 Å². The molecule has 406 valence electrons. The fraction of sp³-hybridized carbons (Fsp3) is 0.556. The monoisotopic (exact) mass is 1100 g/mol. The van der Waals surface area contributed by atoms with Gasteiger partial charge in [-0.05, 0) is 98.2 Å². The number of thioether (sulfide) groups is 2. The fourth-order valence-electron chi connectivity index (χ4n) is 10.2. The number of fused-ring (bicyclic) bond motifs is 2. The van der Waals surface area contributed by atoms with Gasteiger partial charge >= 0.3 is 0 Å². The molecule has 4 heterocycles. The molecule has 0 aliphatic carbocycles. The minimum absolute atomic E-state index is 0. The lowest BCUT2D eigenvalue weighted by Gasteiger charge is -2.35. The number of hydrogen-bond donors (Lipinski definition) is 6. The molecule has 0 unspecified atom stereocenters. The minimum atomic E-state index is -0.750. The molecule has 0 bridgehead atoms. The van der Waals surface area contributed by atoms with Crippen molar-refractivity contribution in [3.05, 3.63) is 107 Å². The first kappa shape index (κ1) is 60.5. The lowest BCUT2D eigenvalue weighted by Crippen LogP contribution is -2.58. The lowest BCUT2D eigenvalue weighted by molar-refractivity contribution is -0.144. The summed E-state index contributed by atoms with van der Waals surface area (Å²) in [5.74, 6) is -0.136. The largest absolute Gasteiger partial charge is 0.374 e. The van der Waals surface area contributed by atoms with Crippen molar-refractivity contribution in [2.24, 2.45) is 10.8 Å². The number of carbonyl (C=O) groups excluding carboxylic acids is 6. The molecule has 10 atom stereocenters. The van der Waals surface area contributed by atoms with Crippen LogP contribution in [-0.2, 0) is 51.5 Å². The molecule has 20 heteroatoms. The van der Waals surface area contributed by atoms with Crippen molar-refractivity contribution < 1.29 is 38.2 Å². The summed E-state index contributed by atoms with van der Waals surface area (Å²) in [4.78, 5) is 86.4. The van der Waals surface area contributed by atoms with Crippen LogP contribution in [0.2, 0.25) is 0 Å². The van der Waals surface area contributed by atoms with E-state index in [0.29, 0.717) is 37.2 Å². The summed E-state index contributed by atoms with van der Waals surface area (Å²) in [6.45, 7) is 12.5. The molecule has 0 radical (unpaired) electrons. The molecule has 4 fully saturated rings. The van der Waals surface area contributed by atoms with E-state index in [1.54, 1.807) is 61.3 Å². The first-order chi connectivity index (χ1) is 34.4. The standard InChI is InChI=1S/C54H74N8O8S2.2ClH/c1-33(55-7)47(63)57-39-23-25-71-43-27-53(3,4)45(61(43)51(39)67)49(65)59-41(37-15-11-9-12-16-37)31-69-29-35-19-21-36(22-20-35)30-70-32-42(38-17-13-10-14-18-38)60-50(66)46-54(5,6)28-44-62(46)52(68)40(24-26-72-44)58-48(64)34(2)56-8;;/h9-22,33-34,39-46,55-56H,23-32H2,1-8H3,(H,57,63)(H,58,64)(H,59,65)(H,60,66);2*1H/t33-,34-,39-,40-,41+,42+,43-,44-,45+,46+;;/m0../s1. The minimum Gasteiger partial charge on any atom is -0.374 e. The summed E-state index contributed by atoms with van der Waals surface area (Å²) in [6.07, 6.45) is 2.27. The second-order valence-electron chi connectivity index (χ2n) is 20.8. The zero-order valence-electron chi connectivity index (χ0n) is 43.7. The number of carbonyl (C=O) groups is 6. The van der Waals surface area contributed by atoms with Gasteiger partial charge < -0.3 is 51.2 Å². The molecule has 6 N–H and O–H groups in total. The highest BCUT2D eigenvalue weighted by atomic mass is 35.5. The van der Waals surface area contributed by atoms with E-state index >= 15 is 0 Å². The lowest BCUT2D eigenvalue weighted by atomic mass is 9.83. The highest BCUT2D eigenvalue weighted by Crippen LogP contribution is 2.48. The van der Waals surface area contributed by atoms with Crippen LogP contribution in [-0.4, -0.2) is 131 Å².